The molecule has 0 saturated carbocycles. The molecule has 0 aromatic heterocycles. The molecule has 0 spiro atoms. The minimum atomic E-state index is -1.03. The third kappa shape index (κ3) is 34.0. The molecular formula is C42H84ClNO4. The van der Waals surface area contributed by atoms with Crippen molar-refractivity contribution in [2.75, 3.05) is 27.2 Å². The maximum atomic E-state index is 12.6. The van der Waals surface area contributed by atoms with Crippen molar-refractivity contribution in [3.8, 4) is 0 Å². The van der Waals surface area contributed by atoms with Crippen molar-refractivity contribution in [2.24, 2.45) is 0 Å². The van der Waals surface area contributed by atoms with E-state index in [2.05, 4.69) is 13.8 Å². The highest BCUT2D eigenvalue weighted by Crippen LogP contribution is 2.16. The van der Waals surface area contributed by atoms with Gasteiger partial charge in [0.15, 0.2) is 23.8 Å². The molecule has 0 saturated heterocycles. The SMILES string of the molecule is CCCCCCCCCCCCCCCCCC(=O)C(O)C[N+](C)(C)CC(O)C(=O)CCCCCCCCCCCCCCCCC.[Cl-]. The van der Waals surface area contributed by atoms with Crippen molar-refractivity contribution < 1.29 is 36.7 Å². The number of carbonyl (C=O) groups is 2. The van der Waals surface area contributed by atoms with Crippen LogP contribution in [0.3, 0.4) is 0 Å². The lowest BCUT2D eigenvalue weighted by molar-refractivity contribution is -0.894. The van der Waals surface area contributed by atoms with Gasteiger partial charge < -0.3 is 27.1 Å². The molecule has 0 aliphatic carbocycles. The van der Waals surface area contributed by atoms with E-state index in [1.165, 1.54) is 154 Å². The largest absolute Gasteiger partial charge is 1.00 e. The third-order valence-corrected chi connectivity index (χ3v) is 10.1. The summed E-state index contributed by atoms with van der Waals surface area (Å²) in [6, 6.07) is 0. The fourth-order valence-electron chi connectivity index (χ4n) is 6.89. The standard InChI is InChI=1S/C42H84NO4.ClH/c1-5-7-9-11-13-15-17-19-21-23-25-27-29-31-33-35-39(44)41(46)37-43(3,4)38-42(47)40(45)36-34-32-30-28-26-24-22-20-18-16-14-12-10-8-6-2;/h41-42,46-47H,5-38H2,1-4H3;1H/q+1;/p-1. The lowest BCUT2D eigenvalue weighted by atomic mass is 10.0. The molecule has 288 valence electrons. The fourth-order valence-corrected chi connectivity index (χ4v) is 6.89. The summed E-state index contributed by atoms with van der Waals surface area (Å²) in [5.41, 5.74) is 0. The van der Waals surface area contributed by atoms with E-state index < -0.39 is 12.2 Å². The minimum Gasteiger partial charge on any atom is -1.00 e. The first-order valence-electron chi connectivity index (χ1n) is 21.0. The topological polar surface area (TPSA) is 74.6 Å². The van der Waals surface area contributed by atoms with E-state index in [9.17, 15) is 19.8 Å². The van der Waals surface area contributed by atoms with Crippen molar-refractivity contribution in [2.45, 2.75) is 232 Å². The Hall–Kier alpha value is -0.490. The molecule has 0 fully saturated rings. The van der Waals surface area contributed by atoms with Crippen LogP contribution in [-0.2, 0) is 9.59 Å². The van der Waals surface area contributed by atoms with Crippen LogP contribution < -0.4 is 12.4 Å². The van der Waals surface area contributed by atoms with E-state index in [1.807, 2.05) is 14.1 Å². The second-order valence-electron chi connectivity index (χ2n) is 15.7. The summed E-state index contributed by atoms with van der Waals surface area (Å²) >= 11 is 0. The number of ketones is 2. The van der Waals surface area contributed by atoms with E-state index in [-0.39, 0.29) is 41.5 Å². The molecule has 0 aliphatic heterocycles. The number of nitrogens with zero attached hydrogens (tertiary/aromatic N) is 1. The van der Waals surface area contributed by atoms with Gasteiger partial charge in [-0.15, -0.1) is 0 Å². The predicted octanol–water partition coefficient (Wildman–Crippen LogP) is 8.45. The lowest BCUT2D eigenvalue weighted by Gasteiger charge is -2.33. The van der Waals surface area contributed by atoms with Gasteiger partial charge in [0.2, 0.25) is 0 Å². The van der Waals surface area contributed by atoms with Crippen LogP contribution in [0.25, 0.3) is 0 Å². The number of hydrogen-bond acceptors (Lipinski definition) is 4. The van der Waals surface area contributed by atoms with Gasteiger partial charge in [-0.25, -0.2) is 0 Å². The number of aliphatic hydroxyl groups excluding tert-OH is 2. The Morgan fingerprint density at radius 1 is 0.396 bits per heavy atom. The van der Waals surface area contributed by atoms with Crippen molar-refractivity contribution in [1.29, 1.82) is 0 Å². The van der Waals surface area contributed by atoms with Gasteiger partial charge in [-0.2, -0.15) is 0 Å². The van der Waals surface area contributed by atoms with E-state index in [4.69, 9.17) is 0 Å². The van der Waals surface area contributed by atoms with Gasteiger partial charge in [-0.3, -0.25) is 9.59 Å². The van der Waals surface area contributed by atoms with Gasteiger partial charge in [0.05, 0.1) is 14.1 Å². The molecule has 0 heterocycles. The Morgan fingerprint density at radius 2 is 0.583 bits per heavy atom. The quantitative estimate of drug-likeness (QED) is 0.0501. The van der Waals surface area contributed by atoms with Crippen LogP contribution in [0, 0.1) is 0 Å². The summed E-state index contributed by atoms with van der Waals surface area (Å²) in [6.45, 7) is 5.02. The molecule has 0 bridgehead atoms. The Balaban J connectivity index is 0. The summed E-state index contributed by atoms with van der Waals surface area (Å²) in [7, 11) is 3.77. The van der Waals surface area contributed by atoms with E-state index in [0.29, 0.717) is 12.8 Å². The fraction of sp³-hybridized carbons (Fsp3) is 0.952. The molecule has 0 aromatic carbocycles. The number of unbranched alkanes of at least 4 members (excludes halogenated alkanes) is 28. The third-order valence-electron chi connectivity index (χ3n) is 10.1. The maximum absolute atomic E-state index is 12.6. The predicted molar refractivity (Wildman–Crippen MR) is 203 cm³/mol. The molecule has 0 aromatic rings. The van der Waals surface area contributed by atoms with Crippen LogP contribution in [0.1, 0.15) is 219 Å². The zero-order chi connectivity index (χ0) is 34.9. The summed E-state index contributed by atoms with van der Waals surface area (Å²) in [5.74, 6) is -0.214. The van der Waals surface area contributed by atoms with Gasteiger partial charge in [-0.05, 0) is 12.8 Å². The van der Waals surface area contributed by atoms with Crippen molar-refractivity contribution in [3.63, 3.8) is 0 Å². The zero-order valence-electron chi connectivity index (χ0n) is 32.7. The molecule has 6 heteroatoms. The second-order valence-corrected chi connectivity index (χ2v) is 15.7. The van der Waals surface area contributed by atoms with E-state index in [0.717, 1.165) is 38.5 Å². The van der Waals surface area contributed by atoms with Crippen molar-refractivity contribution in [1.82, 2.24) is 0 Å². The van der Waals surface area contributed by atoms with Crippen LogP contribution in [0.2, 0.25) is 0 Å². The number of rotatable bonds is 38. The van der Waals surface area contributed by atoms with E-state index in [1.54, 1.807) is 0 Å². The minimum absolute atomic E-state index is 0. The first kappa shape index (κ1) is 49.6. The summed E-state index contributed by atoms with van der Waals surface area (Å²) < 4.78 is 0.261. The van der Waals surface area contributed by atoms with Crippen LogP contribution in [-0.4, -0.2) is 65.7 Å². The highest BCUT2D eigenvalue weighted by atomic mass is 35.5. The molecule has 5 nitrogen and oxygen atoms in total. The highest BCUT2D eigenvalue weighted by molar-refractivity contribution is 5.83. The van der Waals surface area contributed by atoms with Gasteiger partial charge in [0.25, 0.3) is 0 Å². The van der Waals surface area contributed by atoms with Gasteiger partial charge in [0, 0.05) is 12.8 Å². The molecule has 0 rings (SSSR count). The molecule has 48 heavy (non-hydrogen) atoms. The number of Topliss-reactive ketones (excluding diaryl/α,β-unsaturated/α-hetero) is 2. The molecule has 0 amide bonds. The Bertz CT molecular complexity index is 645. The number of hydrogen-bond donors (Lipinski definition) is 2. The molecule has 0 radical (unpaired) electrons. The summed E-state index contributed by atoms with van der Waals surface area (Å²) in [6.07, 6.45) is 37.5. The first-order chi connectivity index (χ1) is 22.7. The Morgan fingerprint density at radius 3 is 0.792 bits per heavy atom. The molecule has 2 atom stereocenters. The second kappa shape index (κ2) is 36.3. The number of quaternary nitrogens is 1. The molecule has 2 unspecified atom stereocenters. The molecule has 2 N–H and O–H groups in total. The number of carbonyl (C=O) groups excluding carboxylic acids is 2. The maximum Gasteiger partial charge on any atom is 0.167 e. The number of likely N-dealkylation sites (N-methyl/N-ethyl adjacent to an activating group) is 1. The first-order valence-corrected chi connectivity index (χ1v) is 21.0. The molecule has 0 aliphatic rings. The lowest BCUT2D eigenvalue weighted by Crippen LogP contribution is -3.00. The summed E-state index contributed by atoms with van der Waals surface area (Å²) in [4.78, 5) is 25.1. The zero-order valence-corrected chi connectivity index (χ0v) is 33.5. The molecular weight excluding hydrogens is 618 g/mol. The van der Waals surface area contributed by atoms with Crippen LogP contribution >= 0.6 is 0 Å². The van der Waals surface area contributed by atoms with Crippen LogP contribution in [0.5, 0.6) is 0 Å². The van der Waals surface area contributed by atoms with Crippen LogP contribution in [0.15, 0.2) is 0 Å². The smallest absolute Gasteiger partial charge is 0.167 e. The van der Waals surface area contributed by atoms with Crippen molar-refractivity contribution >= 4 is 11.6 Å². The van der Waals surface area contributed by atoms with E-state index >= 15 is 0 Å². The average Bonchev–Trinajstić information content (AvgIpc) is 3.03. The van der Waals surface area contributed by atoms with Crippen LogP contribution in [0.4, 0.5) is 0 Å². The Kier molecular flexibility index (Phi) is 37.5. The van der Waals surface area contributed by atoms with Gasteiger partial charge in [0.1, 0.15) is 13.1 Å². The summed E-state index contributed by atoms with van der Waals surface area (Å²) in [5, 5.41) is 21.1. The van der Waals surface area contributed by atoms with Gasteiger partial charge >= 0.3 is 0 Å². The number of aliphatic hydroxyl groups is 2. The van der Waals surface area contributed by atoms with Crippen molar-refractivity contribution in [3.05, 3.63) is 0 Å². The monoisotopic (exact) mass is 702 g/mol. The highest BCUT2D eigenvalue weighted by Gasteiger charge is 2.30. The Labute approximate surface area is 306 Å². The normalized spacial score (nSPS) is 13.0. The number of halogens is 1. The average molecular weight is 703 g/mol. The van der Waals surface area contributed by atoms with Gasteiger partial charge in [-0.1, -0.05) is 194 Å².